The standard InChI is InChI=1S/C22H38N4O4S/c1-7-13-31(28,29)24-18-10-11-20(25(5)6)17(14-18)15-26(16-19-9-8-12-30-19)21(27)23-22(2,3)4/h10-11,14,19,24H,7-9,12-13,15-16H2,1-6H3,(H,23,27). The van der Waals surface area contributed by atoms with Crippen LogP contribution in [0.5, 0.6) is 0 Å². The number of rotatable bonds is 9. The molecule has 8 nitrogen and oxygen atoms in total. The molecule has 0 bridgehead atoms. The summed E-state index contributed by atoms with van der Waals surface area (Å²) in [5.74, 6) is 0.0664. The fourth-order valence-corrected chi connectivity index (χ4v) is 4.70. The van der Waals surface area contributed by atoms with Crippen LogP contribution in [0.25, 0.3) is 0 Å². The molecule has 1 aliphatic heterocycles. The molecule has 0 spiro atoms. The van der Waals surface area contributed by atoms with Gasteiger partial charge in [0.1, 0.15) is 0 Å². The fourth-order valence-electron chi connectivity index (χ4n) is 3.57. The Morgan fingerprint density at radius 1 is 1.26 bits per heavy atom. The van der Waals surface area contributed by atoms with Crippen LogP contribution in [0.4, 0.5) is 16.2 Å². The minimum absolute atomic E-state index is 0.0137. The highest BCUT2D eigenvalue weighted by atomic mass is 32.2. The smallest absolute Gasteiger partial charge is 0.318 e. The molecule has 1 aromatic rings. The summed E-state index contributed by atoms with van der Waals surface area (Å²) in [6, 6.07) is 5.29. The van der Waals surface area contributed by atoms with Gasteiger partial charge in [0.05, 0.1) is 11.9 Å². The van der Waals surface area contributed by atoms with Gasteiger partial charge in [-0.2, -0.15) is 0 Å². The molecule has 1 fully saturated rings. The van der Waals surface area contributed by atoms with Crippen molar-refractivity contribution in [2.24, 2.45) is 0 Å². The van der Waals surface area contributed by atoms with Crippen LogP contribution in [0.3, 0.4) is 0 Å². The molecule has 31 heavy (non-hydrogen) atoms. The lowest BCUT2D eigenvalue weighted by molar-refractivity contribution is 0.0782. The topological polar surface area (TPSA) is 91.0 Å². The number of anilines is 2. The summed E-state index contributed by atoms with van der Waals surface area (Å²) >= 11 is 0. The first-order chi connectivity index (χ1) is 14.4. The lowest BCUT2D eigenvalue weighted by Gasteiger charge is -2.31. The molecule has 0 aromatic heterocycles. The largest absolute Gasteiger partial charge is 0.377 e. The fraction of sp³-hybridized carbons (Fsp3) is 0.682. The van der Waals surface area contributed by atoms with E-state index in [1.54, 1.807) is 11.0 Å². The Morgan fingerprint density at radius 2 is 1.97 bits per heavy atom. The van der Waals surface area contributed by atoms with E-state index in [0.29, 0.717) is 25.2 Å². The lowest BCUT2D eigenvalue weighted by Crippen LogP contribution is -2.50. The molecule has 1 aromatic carbocycles. The Labute approximate surface area is 187 Å². The summed E-state index contributed by atoms with van der Waals surface area (Å²) in [7, 11) is 0.461. The monoisotopic (exact) mass is 454 g/mol. The number of carbonyl (C=O) groups excluding carboxylic acids is 1. The number of hydrogen-bond acceptors (Lipinski definition) is 5. The summed E-state index contributed by atoms with van der Waals surface area (Å²) in [4.78, 5) is 16.8. The highest BCUT2D eigenvalue weighted by Crippen LogP contribution is 2.26. The summed E-state index contributed by atoms with van der Waals surface area (Å²) in [5.41, 5.74) is 1.93. The Morgan fingerprint density at radius 3 is 2.52 bits per heavy atom. The van der Waals surface area contributed by atoms with Crippen molar-refractivity contribution >= 4 is 27.4 Å². The maximum absolute atomic E-state index is 13.1. The number of carbonyl (C=O) groups is 1. The molecule has 1 saturated heterocycles. The molecule has 1 aliphatic rings. The van der Waals surface area contributed by atoms with Crippen LogP contribution in [0.1, 0.15) is 52.5 Å². The SMILES string of the molecule is CCCS(=O)(=O)Nc1ccc(N(C)C)c(CN(CC2CCCO2)C(=O)NC(C)(C)C)c1. The zero-order valence-electron chi connectivity index (χ0n) is 19.7. The predicted molar refractivity (Wildman–Crippen MR) is 126 cm³/mol. The molecular weight excluding hydrogens is 416 g/mol. The van der Waals surface area contributed by atoms with Crippen LogP contribution in [-0.4, -0.2) is 64.0 Å². The highest BCUT2D eigenvalue weighted by molar-refractivity contribution is 7.92. The van der Waals surface area contributed by atoms with Crippen LogP contribution in [0.15, 0.2) is 18.2 Å². The molecule has 1 unspecified atom stereocenters. The highest BCUT2D eigenvalue weighted by Gasteiger charge is 2.26. The first-order valence-electron chi connectivity index (χ1n) is 10.9. The normalized spacial score (nSPS) is 16.8. The number of nitrogens with zero attached hydrogens (tertiary/aromatic N) is 2. The number of sulfonamides is 1. The molecule has 2 rings (SSSR count). The maximum atomic E-state index is 13.1. The van der Waals surface area contributed by atoms with E-state index in [9.17, 15) is 13.2 Å². The van der Waals surface area contributed by atoms with E-state index in [0.717, 1.165) is 30.7 Å². The second-order valence-electron chi connectivity index (χ2n) is 9.35. The summed E-state index contributed by atoms with van der Waals surface area (Å²) < 4.78 is 32.9. The van der Waals surface area contributed by atoms with Gasteiger partial charge in [-0.25, -0.2) is 13.2 Å². The minimum Gasteiger partial charge on any atom is -0.377 e. The van der Waals surface area contributed by atoms with Gasteiger partial charge < -0.3 is 19.9 Å². The van der Waals surface area contributed by atoms with Crippen molar-refractivity contribution in [2.75, 3.05) is 42.6 Å². The van der Waals surface area contributed by atoms with Crippen LogP contribution in [0.2, 0.25) is 0 Å². The number of amides is 2. The van der Waals surface area contributed by atoms with Crippen molar-refractivity contribution in [3.63, 3.8) is 0 Å². The van der Waals surface area contributed by atoms with Gasteiger partial charge in [-0.05, 0) is 63.8 Å². The van der Waals surface area contributed by atoms with Crippen LogP contribution in [0, 0.1) is 0 Å². The lowest BCUT2D eigenvalue weighted by atomic mass is 10.1. The molecule has 9 heteroatoms. The van der Waals surface area contributed by atoms with Crippen molar-refractivity contribution < 1.29 is 17.9 Å². The minimum atomic E-state index is -3.40. The van der Waals surface area contributed by atoms with E-state index in [-0.39, 0.29) is 23.4 Å². The van der Waals surface area contributed by atoms with E-state index in [1.807, 2.05) is 58.8 Å². The van der Waals surface area contributed by atoms with E-state index in [1.165, 1.54) is 0 Å². The number of urea groups is 1. The van der Waals surface area contributed by atoms with Gasteiger partial charge in [0.2, 0.25) is 10.0 Å². The zero-order chi connectivity index (χ0) is 23.2. The van der Waals surface area contributed by atoms with Gasteiger partial charge >= 0.3 is 6.03 Å². The third-order valence-electron chi connectivity index (χ3n) is 4.89. The Kier molecular flexibility index (Phi) is 8.59. The molecule has 0 aliphatic carbocycles. The van der Waals surface area contributed by atoms with Crippen molar-refractivity contribution in [1.29, 1.82) is 0 Å². The molecule has 2 N–H and O–H groups in total. The van der Waals surface area contributed by atoms with Gasteiger partial charge in [0.15, 0.2) is 0 Å². The second kappa shape index (κ2) is 10.5. The molecule has 0 saturated carbocycles. The van der Waals surface area contributed by atoms with Crippen molar-refractivity contribution in [3.05, 3.63) is 23.8 Å². The van der Waals surface area contributed by atoms with Gasteiger partial charge in [-0.3, -0.25) is 4.72 Å². The molecular formula is C22H38N4O4S. The Bertz CT molecular complexity index is 844. The first kappa shape index (κ1) is 25.3. The maximum Gasteiger partial charge on any atom is 0.318 e. The van der Waals surface area contributed by atoms with Crippen LogP contribution in [-0.2, 0) is 21.3 Å². The van der Waals surface area contributed by atoms with Gasteiger partial charge in [-0.1, -0.05) is 6.92 Å². The zero-order valence-corrected chi connectivity index (χ0v) is 20.5. The number of benzene rings is 1. The van der Waals surface area contributed by atoms with E-state index in [4.69, 9.17) is 4.74 Å². The van der Waals surface area contributed by atoms with E-state index < -0.39 is 10.0 Å². The van der Waals surface area contributed by atoms with Crippen molar-refractivity contribution in [2.45, 2.75) is 65.1 Å². The molecule has 2 amide bonds. The molecule has 1 atom stereocenters. The van der Waals surface area contributed by atoms with Crippen molar-refractivity contribution in [1.82, 2.24) is 10.2 Å². The molecule has 0 radical (unpaired) electrons. The number of hydrogen-bond donors (Lipinski definition) is 2. The van der Waals surface area contributed by atoms with Crippen LogP contribution >= 0.6 is 0 Å². The summed E-state index contributed by atoms with van der Waals surface area (Å²) in [6.07, 6.45) is 2.48. The van der Waals surface area contributed by atoms with Crippen molar-refractivity contribution in [3.8, 4) is 0 Å². The second-order valence-corrected chi connectivity index (χ2v) is 11.2. The first-order valence-corrected chi connectivity index (χ1v) is 12.5. The average Bonchev–Trinajstić information content (AvgIpc) is 3.12. The number of nitrogens with one attached hydrogen (secondary N) is 2. The Balaban J connectivity index is 2.32. The molecule has 1 heterocycles. The molecule has 176 valence electrons. The van der Waals surface area contributed by atoms with Gasteiger partial charge in [0.25, 0.3) is 0 Å². The number of ether oxygens (including phenoxy) is 1. The summed E-state index contributed by atoms with van der Waals surface area (Å²) in [6.45, 7) is 9.23. The van der Waals surface area contributed by atoms with Crippen LogP contribution < -0.4 is 14.9 Å². The van der Waals surface area contributed by atoms with E-state index >= 15 is 0 Å². The van der Waals surface area contributed by atoms with Gasteiger partial charge in [-0.15, -0.1) is 0 Å². The quantitative estimate of drug-likeness (QED) is 0.597. The Hall–Kier alpha value is -2.00. The predicted octanol–water partition coefficient (Wildman–Crippen LogP) is 3.39. The average molecular weight is 455 g/mol. The van der Waals surface area contributed by atoms with Gasteiger partial charge in [0, 0.05) is 50.7 Å². The van der Waals surface area contributed by atoms with E-state index in [2.05, 4.69) is 10.0 Å². The summed E-state index contributed by atoms with van der Waals surface area (Å²) in [5, 5.41) is 3.04. The third-order valence-corrected chi connectivity index (χ3v) is 6.38. The third kappa shape index (κ3) is 8.22.